The fourth-order valence-corrected chi connectivity index (χ4v) is 7.81. The van der Waals surface area contributed by atoms with Gasteiger partial charge in [0.1, 0.15) is 6.10 Å². The molecule has 0 aromatic heterocycles. The second-order valence-corrected chi connectivity index (χ2v) is 11.4. The van der Waals surface area contributed by atoms with Gasteiger partial charge in [-0.3, -0.25) is 9.59 Å². The van der Waals surface area contributed by atoms with E-state index in [0.717, 1.165) is 56.8 Å². The van der Waals surface area contributed by atoms with Crippen LogP contribution in [0.2, 0.25) is 0 Å². The van der Waals surface area contributed by atoms with Crippen molar-refractivity contribution in [2.24, 2.45) is 29.1 Å². The van der Waals surface area contributed by atoms with E-state index in [1.807, 2.05) is 12.2 Å². The summed E-state index contributed by atoms with van der Waals surface area (Å²) >= 11 is 0. The molecule has 0 radical (unpaired) electrons. The number of fused-ring (bicyclic) bond motifs is 5. The molecule has 0 unspecified atom stereocenters. The summed E-state index contributed by atoms with van der Waals surface area (Å²) in [5.74, 6) is 3.22. The molecule has 3 heteroatoms. The molecule has 0 aliphatic heterocycles. The van der Waals surface area contributed by atoms with Gasteiger partial charge in [0.15, 0.2) is 5.78 Å². The van der Waals surface area contributed by atoms with E-state index >= 15 is 0 Å². The summed E-state index contributed by atoms with van der Waals surface area (Å²) < 4.78 is 6.14. The molecule has 0 aromatic carbocycles. The Morgan fingerprint density at radius 1 is 1.03 bits per heavy atom. The van der Waals surface area contributed by atoms with Crippen LogP contribution in [0.3, 0.4) is 0 Å². The Hall–Kier alpha value is -1.38. The third-order valence-electron chi connectivity index (χ3n) is 9.53. The first-order chi connectivity index (χ1) is 15.5. The van der Waals surface area contributed by atoms with E-state index in [-0.39, 0.29) is 17.5 Å². The van der Waals surface area contributed by atoms with Crippen LogP contribution in [0, 0.1) is 29.1 Å². The number of carbonyl (C=O) groups is 2. The fraction of sp³-hybridized carbons (Fsp3) is 0.793. The van der Waals surface area contributed by atoms with E-state index in [2.05, 4.69) is 13.5 Å². The first-order valence-electron chi connectivity index (χ1n) is 13.6. The minimum atomic E-state index is 0.0327. The Morgan fingerprint density at radius 3 is 2.62 bits per heavy atom. The SMILES string of the molecule is C=CCCCCCCCCC(=O)O[C@H]1CC[C@H]2[C@@H]3CCC4=CC(=O)CC[C@@H]4[C@H]3CC[C@]12C. The molecule has 4 aliphatic carbocycles. The lowest BCUT2D eigenvalue weighted by Gasteiger charge is -2.53. The zero-order chi connectivity index (χ0) is 22.6. The molecule has 3 saturated carbocycles. The van der Waals surface area contributed by atoms with Crippen LogP contribution in [0.5, 0.6) is 0 Å². The maximum absolute atomic E-state index is 12.6. The van der Waals surface area contributed by atoms with E-state index in [1.165, 1.54) is 56.9 Å². The number of hydrogen-bond donors (Lipinski definition) is 0. The summed E-state index contributed by atoms with van der Waals surface area (Å²) in [5, 5.41) is 0. The van der Waals surface area contributed by atoms with Crippen molar-refractivity contribution in [1.82, 2.24) is 0 Å². The number of unbranched alkanes of at least 4 members (excludes halogenated alkanes) is 6. The van der Waals surface area contributed by atoms with Crippen LogP contribution in [0.1, 0.15) is 110 Å². The van der Waals surface area contributed by atoms with Crippen LogP contribution >= 0.6 is 0 Å². The van der Waals surface area contributed by atoms with Crippen molar-refractivity contribution in [3.63, 3.8) is 0 Å². The van der Waals surface area contributed by atoms with Gasteiger partial charge in [0.2, 0.25) is 0 Å². The molecule has 0 saturated heterocycles. The van der Waals surface area contributed by atoms with Crippen LogP contribution in [0.15, 0.2) is 24.3 Å². The maximum atomic E-state index is 12.6. The largest absolute Gasteiger partial charge is 0.462 e. The molecule has 32 heavy (non-hydrogen) atoms. The molecule has 0 heterocycles. The molecule has 0 N–H and O–H groups in total. The number of hydrogen-bond acceptors (Lipinski definition) is 3. The first-order valence-corrected chi connectivity index (χ1v) is 13.6. The maximum Gasteiger partial charge on any atom is 0.306 e. The highest BCUT2D eigenvalue weighted by atomic mass is 16.5. The summed E-state index contributed by atoms with van der Waals surface area (Å²) in [5.41, 5.74) is 1.61. The predicted octanol–water partition coefficient (Wildman–Crippen LogP) is 7.35. The van der Waals surface area contributed by atoms with Crippen molar-refractivity contribution in [1.29, 1.82) is 0 Å². The van der Waals surface area contributed by atoms with Crippen molar-refractivity contribution in [3.05, 3.63) is 24.3 Å². The molecule has 4 aliphatic rings. The summed E-state index contributed by atoms with van der Waals surface area (Å²) in [4.78, 5) is 24.5. The van der Waals surface area contributed by atoms with E-state index in [1.54, 1.807) is 0 Å². The van der Waals surface area contributed by atoms with Gasteiger partial charge in [-0.1, -0.05) is 44.3 Å². The fourth-order valence-electron chi connectivity index (χ4n) is 7.81. The highest BCUT2D eigenvalue weighted by Gasteiger charge is 2.57. The lowest BCUT2D eigenvalue weighted by molar-refractivity contribution is -0.159. The molecule has 3 fully saturated rings. The van der Waals surface area contributed by atoms with E-state index in [4.69, 9.17) is 4.74 Å². The smallest absolute Gasteiger partial charge is 0.306 e. The normalized spacial score (nSPS) is 36.0. The molecule has 178 valence electrons. The molecular formula is C29H44O3. The molecule has 3 nitrogen and oxygen atoms in total. The van der Waals surface area contributed by atoms with Crippen LogP contribution < -0.4 is 0 Å². The van der Waals surface area contributed by atoms with Crippen molar-refractivity contribution in [2.75, 3.05) is 0 Å². The topological polar surface area (TPSA) is 43.4 Å². The Labute approximate surface area is 195 Å². The zero-order valence-corrected chi connectivity index (χ0v) is 20.3. The highest BCUT2D eigenvalue weighted by molar-refractivity contribution is 5.91. The Balaban J connectivity index is 1.24. The number of esters is 1. The van der Waals surface area contributed by atoms with Gasteiger partial charge in [-0.05, 0) is 94.0 Å². The lowest BCUT2D eigenvalue weighted by atomic mass is 9.52. The molecule has 4 rings (SSSR count). The van der Waals surface area contributed by atoms with Crippen molar-refractivity contribution in [2.45, 2.75) is 116 Å². The van der Waals surface area contributed by atoms with Crippen LogP contribution in [0.4, 0.5) is 0 Å². The van der Waals surface area contributed by atoms with Gasteiger partial charge in [-0.15, -0.1) is 6.58 Å². The molecule has 0 amide bonds. The standard InChI is InChI=1S/C29H44O3/c1-3-4-5-6-7-8-9-10-11-28(31)32-27-17-16-26-25-14-12-21-20-22(30)13-15-23(21)24(25)18-19-29(26,27)2/h3,20,23-27H,1,4-19H2,2H3/t23-,24+,25+,26-,27-,29-/m0/s1. The van der Waals surface area contributed by atoms with E-state index in [9.17, 15) is 9.59 Å². The summed E-state index contributed by atoms with van der Waals surface area (Å²) in [6.45, 7) is 6.19. The second-order valence-electron chi connectivity index (χ2n) is 11.4. The van der Waals surface area contributed by atoms with Gasteiger partial charge in [0, 0.05) is 18.3 Å². The van der Waals surface area contributed by atoms with Gasteiger partial charge in [0.25, 0.3) is 0 Å². The van der Waals surface area contributed by atoms with Crippen molar-refractivity contribution >= 4 is 11.8 Å². The summed E-state index contributed by atoms with van der Waals surface area (Å²) in [7, 11) is 0. The minimum Gasteiger partial charge on any atom is -0.462 e. The van der Waals surface area contributed by atoms with E-state index in [0.29, 0.717) is 24.0 Å². The van der Waals surface area contributed by atoms with Gasteiger partial charge in [-0.2, -0.15) is 0 Å². The number of allylic oxidation sites excluding steroid dienone is 2. The average molecular weight is 441 g/mol. The summed E-state index contributed by atoms with van der Waals surface area (Å²) in [6.07, 6.45) is 21.7. The quantitative estimate of drug-likeness (QED) is 0.203. The number of ketones is 1. The van der Waals surface area contributed by atoms with Crippen LogP contribution in [-0.2, 0) is 14.3 Å². The monoisotopic (exact) mass is 440 g/mol. The second kappa shape index (κ2) is 10.7. The molecule has 0 bridgehead atoms. The molecule has 6 atom stereocenters. The van der Waals surface area contributed by atoms with Gasteiger partial charge in [-0.25, -0.2) is 0 Å². The third-order valence-corrected chi connectivity index (χ3v) is 9.53. The van der Waals surface area contributed by atoms with Gasteiger partial charge < -0.3 is 4.74 Å². The molecule has 0 spiro atoms. The van der Waals surface area contributed by atoms with Crippen LogP contribution in [0.25, 0.3) is 0 Å². The predicted molar refractivity (Wildman–Crippen MR) is 129 cm³/mol. The Kier molecular flexibility index (Phi) is 7.95. The third kappa shape index (κ3) is 5.07. The lowest BCUT2D eigenvalue weighted by Crippen LogP contribution is -2.48. The van der Waals surface area contributed by atoms with Gasteiger partial charge in [0.05, 0.1) is 0 Å². The Bertz CT molecular complexity index is 722. The molecular weight excluding hydrogens is 396 g/mol. The average Bonchev–Trinajstić information content (AvgIpc) is 3.11. The van der Waals surface area contributed by atoms with Crippen molar-refractivity contribution in [3.8, 4) is 0 Å². The molecule has 0 aromatic rings. The van der Waals surface area contributed by atoms with Crippen molar-refractivity contribution < 1.29 is 14.3 Å². The summed E-state index contributed by atoms with van der Waals surface area (Å²) in [6, 6.07) is 0. The van der Waals surface area contributed by atoms with Gasteiger partial charge >= 0.3 is 5.97 Å². The highest BCUT2D eigenvalue weighted by Crippen LogP contribution is 2.62. The minimum absolute atomic E-state index is 0.0327. The number of rotatable bonds is 10. The number of carbonyl (C=O) groups excluding carboxylic acids is 2. The first kappa shape index (κ1) is 23.8. The number of ether oxygens (including phenoxy) is 1. The van der Waals surface area contributed by atoms with E-state index < -0.39 is 0 Å². The van der Waals surface area contributed by atoms with Crippen LogP contribution in [-0.4, -0.2) is 17.9 Å². The Morgan fingerprint density at radius 2 is 1.81 bits per heavy atom. The zero-order valence-electron chi connectivity index (χ0n) is 20.3.